The highest BCUT2D eigenvalue weighted by molar-refractivity contribution is 6.07. The molecule has 0 aromatic carbocycles. The highest BCUT2D eigenvalue weighted by Crippen LogP contribution is 2.47. The number of amides is 3. The monoisotopic (exact) mass is 389 g/mol. The summed E-state index contributed by atoms with van der Waals surface area (Å²) in [4.78, 5) is 28.7. The van der Waals surface area contributed by atoms with Gasteiger partial charge in [-0.25, -0.2) is 9.69 Å². The smallest absolute Gasteiger partial charge is 0.323 e. The van der Waals surface area contributed by atoms with Gasteiger partial charge in [0, 0.05) is 0 Å². The van der Waals surface area contributed by atoms with Gasteiger partial charge in [-0.15, -0.1) is 0 Å². The fourth-order valence-electron chi connectivity index (χ4n) is 6.79. The lowest BCUT2D eigenvalue weighted by Gasteiger charge is -2.50. The molecule has 1 saturated heterocycles. The van der Waals surface area contributed by atoms with Gasteiger partial charge in [-0.1, -0.05) is 57.8 Å². The SMILES string of the molecule is CC1(C2CCCCC2)NC(=O)N(C(N)(C2CCCCC2)C2CCCCC2)C1=O. The molecule has 1 aliphatic heterocycles. The van der Waals surface area contributed by atoms with Crippen molar-refractivity contribution < 1.29 is 9.59 Å². The van der Waals surface area contributed by atoms with Crippen LogP contribution in [-0.2, 0) is 4.79 Å². The highest BCUT2D eigenvalue weighted by Gasteiger charge is 2.61. The molecule has 1 atom stereocenters. The lowest BCUT2D eigenvalue weighted by Crippen LogP contribution is -2.68. The fourth-order valence-corrected chi connectivity index (χ4v) is 6.79. The van der Waals surface area contributed by atoms with Crippen LogP contribution in [0.3, 0.4) is 0 Å². The van der Waals surface area contributed by atoms with E-state index < -0.39 is 11.2 Å². The molecule has 0 radical (unpaired) electrons. The molecular formula is C23H39N3O2. The normalized spacial score (nSPS) is 32.0. The van der Waals surface area contributed by atoms with Crippen LogP contribution < -0.4 is 11.1 Å². The maximum Gasteiger partial charge on any atom is 0.326 e. The van der Waals surface area contributed by atoms with Crippen molar-refractivity contribution in [2.24, 2.45) is 23.5 Å². The van der Waals surface area contributed by atoms with Gasteiger partial charge in [0.05, 0.1) is 0 Å². The number of nitrogens with one attached hydrogen (secondary N) is 1. The third kappa shape index (κ3) is 3.28. The molecular weight excluding hydrogens is 350 g/mol. The zero-order valence-electron chi connectivity index (χ0n) is 17.7. The van der Waals surface area contributed by atoms with Crippen LogP contribution in [0.1, 0.15) is 103 Å². The Hall–Kier alpha value is -1.10. The maximum atomic E-state index is 13.8. The van der Waals surface area contributed by atoms with Crippen molar-refractivity contribution >= 4 is 11.9 Å². The van der Waals surface area contributed by atoms with Crippen LogP contribution in [0.25, 0.3) is 0 Å². The number of nitrogens with two attached hydrogens (primary N) is 1. The molecule has 0 aromatic heterocycles. The van der Waals surface area contributed by atoms with E-state index in [0.717, 1.165) is 51.4 Å². The fraction of sp³-hybridized carbons (Fsp3) is 0.913. The number of imide groups is 1. The zero-order chi connectivity index (χ0) is 19.8. The molecule has 3 saturated carbocycles. The molecule has 5 heteroatoms. The molecule has 3 N–H and O–H groups in total. The summed E-state index contributed by atoms with van der Waals surface area (Å²) >= 11 is 0. The minimum atomic E-state index is -0.811. The molecule has 28 heavy (non-hydrogen) atoms. The number of carbonyl (C=O) groups is 2. The van der Waals surface area contributed by atoms with Crippen molar-refractivity contribution in [3.05, 3.63) is 0 Å². The Labute approximate surface area is 170 Å². The lowest BCUT2D eigenvalue weighted by atomic mass is 9.68. The van der Waals surface area contributed by atoms with Gasteiger partial charge in [0.2, 0.25) is 0 Å². The van der Waals surface area contributed by atoms with Crippen LogP contribution >= 0.6 is 0 Å². The summed E-state index contributed by atoms with van der Waals surface area (Å²) in [7, 11) is 0. The van der Waals surface area contributed by atoms with E-state index in [2.05, 4.69) is 5.32 Å². The first kappa shape index (κ1) is 20.2. The summed E-state index contributed by atoms with van der Waals surface area (Å²) in [6, 6.07) is -0.225. The number of urea groups is 1. The second kappa shape index (κ2) is 7.97. The van der Waals surface area contributed by atoms with Crippen LogP contribution in [0, 0.1) is 17.8 Å². The molecule has 4 rings (SSSR count). The largest absolute Gasteiger partial charge is 0.326 e. The number of rotatable bonds is 4. The van der Waals surface area contributed by atoms with Gasteiger partial charge in [0.25, 0.3) is 5.91 Å². The number of hydrogen-bond donors (Lipinski definition) is 2. The Balaban J connectivity index is 1.66. The maximum absolute atomic E-state index is 13.8. The van der Waals surface area contributed by atoms with Gasteiger partial charge >= 0.3 is 6.03 Å². The minimum absolute atomic E-state index is 0.0388. The standard InChI is InChI=1S/C23H39N3O2/c1-22(17-11-5-2-6-12-17)20(27)26(21(28)25-22)23(24,18-13-7-3-8-14-18)19-15-9-4-10-16-19/h17-19H,2-16,24H2,1H3,(H,25,28). The summed E-state index contributed by atoms with van der Waals surface area (Å²) in [5.41, 5.74) is 5.65. The Bertz CT molecular complexity index is 571. The van der Waals surface area contributed by atoms with Gasteiger partial charge in [-0.05, 0) is 63.2 Å². The van der Waals surface area contributed by atoms with Gasteiger partial charge in [0.1, 0.15) is 11.2 Å². The van der Waals surface area contributed by atoms with Crippen molar-refractivity contribution in [1.82, 2.24) is 10.2 Å². The summed E-state index contributed by atoms with van der Waals surface area (Å²) < 4.78 is 0. The number of hydrogen-bond acceptors (Lipinski definition) is 3. The van der Waals surface area contributed by atoms with Gasteiger partial charge in [-0.2, -0.15) is 0 Å². The van der Waals surface area contributed by atoms with Crippen molar-refractivity contribution in [3.63, 3.8) is 0 Å². The van der Waals surface area contributed by atoms with Crippen LogP contribution in [0.5, 0.6) is 0 Å². The molecule has 1 unspecified atom stereocenters. The summed E-state index contributed by atoms with van der Waals surface area (Å²) in [6.07, 6.45) is 17.0. The predicted octanol–water partition coefficient (Wildman–Crippen LogP) is 4.69. The predicted molar refractivity (Wildman–Crippen MR) is 110 cm³/mol. The zero-order valence-corrected chi connectivity index (χ0v) is 17.7. The third-order valence-corrected chi connectivity index (χ3v) is 8.54. The molecule has 3 amide bonds. The third-order valence-electron chi connectivity index (χ3n) is 8.54. The lowest BCUT2D eigenvalue weighted by molar-refractivity contribution is -0.142. The molecule has 0 aromatic rings. The van der Waals surface area contributed by atoms with Crippen LogP contribution in [0.2, 0.25) is 0 Å². The minimum Gasteiger partial charge on any atom is -0.323 e. The van der Waals surface area contributed by atoms with Crippen molar-refractivity contribution in [2.45, 2.75) is 114 Å². The van der Waals surface area contributed by atoms with Crippen molar-refractivity contribution in [2.75, 3.05) is 0 Å². The quantitative estimate of drug-likeness (QED) is 0.685. The summed E-state index contributed by atoms with van der Waals surface area (Å²) in [5.74, 6) is 0.688. The van der Waals surface area contributed by atoms with Crippen LogP contribution in [0.4, 0.5) is 4.79 Å². The van der Waals surface area contributed by atoms with Gasteiger partial charge < -0.3 is 11.1 Å². The first-order valence-electron chi connectivity index (χ1n) is 11.9. The molecule has 5 nitrogen and oxygen atoms in total. The Kier molecular flexibility index (Phi) is 5.74. The van der Waals surface area contributed by atoms with E-state index in [4.69, 9.17) is 5.73 Å². The molecule has 4 fully saturated rings. The topological polar surface area (TPSA) is 75.4 Å². The van der Waals surface area contributed by atoms with E-state index in [9.17, 15) is 9.59 Å². The van der Waals surface area contributed by atoms with Gasteiger partial charge in [0.15, 0.2) is 0 Å². The van der Waals surface area contributed by atoms with E-state index in [0.29, 0.717) is 0 Å². The second-order valence-electron chi connectivity index (χ2n) is 10.2. The molecule has 3 aliphatic carbocycles. The Morgan fingerprint density at radius 1 is 0.821 bits per heavy atom. The molecule has 0 bridgehead atoms. The van der Waals surface area contributed by atoms with E-state index in [-0.39, 0.29) is 29.7 Å². The summed E-state index contributed by atoms with van der Waals surface area (Å²) in [5, 5.41) is 3.14. The average Bonchev–Trinajstić information content (AvgIpc) is 2.99. The highest BCUT2D eigenvalue weighted by atomic mass is 16.2. The average molecular weight is 390 g/mol. The molecule has 0 spiro atoms. The Morgan fingerprint density at radius 3 is 1.71 bits per heavy atom. The molecule has 4 aliphatic rings. The second-order valence-corrected chi connectivity index (χ2v) is 10.2. The van der Waals surface area contributed by atoms with Crippen LogP contribution in [0.15, 0.2) is 0 Å². The van der Waals surface area contributed by atoms with Gasteiger partial charge in [-0.3, -0.25) is 4.79 Å². The molecule has 1 heterocycles. The first-order chi connectivity index (χ1) is 13.5. The van der Waals surface area contributed by atoms with E-state index >= 15 is 0 Å². The van der Waals surface area contributed by atoms with E-state index in [1.54, 1.807) is 4.90 Å². The van der Waals surface area contributed by atoms with Crippen LogP contribution in [-0.4, -0.2) is 28.0 Å². The first-order valence-corrected chi connectivity index (χ1v) is 11.9. The Morgan fingerprint density at radius 2 is 1.25 bits per heavy atom. The summed E-state index contributed by atoms with van der Waals surface area (Å²) in [6.45, 7) is 1.96. The van der Waals surface area contributed by atoms with E-state index in [1.807, 2.05) is 6.92 Å². The number of nitrogens with zero attached hydrogens (tertiary/aromatic N) is 1. The molecule has 158 valence electrons. The van der Waals surface area contributed by atoms with E-state index in [1.165, 1.54) is 44.9 Å². The van der Waals surface area contributed by atoms with Crippen molar-refractivity contribution in [1.29, 1.82) is 0 Å². The number of carbonyl (C=O) groups excluding carboxylic acids is 2. The van der Waals surface area contributed by atoms with Crippen molar-refractivity contribution in [3.8, 4) is 0 Å².